The van der Waals surface area contributed by atoms with Crippen molar-refractivity contribution in [3.8, 4) is 11.5 Å². The molecule has 5 heteroatoms. The van der Waals surface area contributed by atoms with Gasteiger partial charge in [-0.3, -0.25) is 4.99 Å². The van der Waals surface area contributed by atoms with Crippen LogP contribution in [0.5, 0.6) is 11.5 Å². The number of anilines is 1. The molecule has 0 spiro atoms. The van der Waals surface area contributed by atoms with Crippen molar-refractivity contribution in [3.63, 3.8) is 0 Å². The van der Waals surface area contributed by atoms with E-state index in [0.29, 0.717) is 10.8 Å². The van der Waals surface area contributed by atoms with Crippen LogP contribution in [-0.2, 0) is 0 Å². The molecule has 0 amide bonds. The van der Waals surface area contributed by atoms with Gasteiger partial charge in [0.15, 0.2) is 11.6 Å². The van der Waals surface area contributed by atoms with Crippen molar-refractivity contribution >= 4 is 23.6 Å². The maximum Gasteiger partial charge on any atom is 0.165 e. The number of nitrogens with zero attached hydrogens (tertiary/aromatic N) is 2. The topological polar surface area (TPSA) is 24.8 Å². The van der Waals surface area contributed by atoms with Crippen molar-refractivity contribution in [2.45, 2.75) is 13.8 Å². The standard InChI is InChI=1S/C17H18ClFN2O/c1-4-21(11-20-3)15-9-12(2)17(10-13(15)18)22-16-8-6-5-7-14(16)19/h5-11H,4H2,1-3H3. The Labute approximate surface area is 135 Å². The van der Waals surface area contributed by atoms with Crippen LogP contribution in [0.3, 0.4) is 0 Å². The number of para-hydroxylation sites is 1. The Morgan fingerprint density at radius 2 is 2.00 bits per heavy atom. The van der Waals surface area contributed by atoms with E-state index in [0.717, 1.165) is 17.8 Å². The lowest BCUT2D eigenvalue weighted by Gasteiger charge is -2.20. The Bertz CT molecular complexity index is 688. The van der Waals surface area contributed by atoms with Crippen LogP contribution in [0, 0.1) is 12.7 Å². The van der Waals surface area contributed by atoms with E-state index in [1.807, 2.05) is 24.8 Å². The second-order valence-electron chi connectivity index (χ2n) is 4.76. The van der Waals surface area contributed by atoms with Crippen LogP contribution in [0.2, 0.25) is 5.02 Å². The number of aliphatic imine (C=N–C) groups is 1. The minimum Gasteiger partial charge on any atom is -0.454 e. The summed E-state index contributed by atoms with van der Waals surface area (Å²) in [4.78, 5) is 5.95. The third-order valence-corrected chi connectivity index (χ3v) is 3.51. The van der Waals surface area contributed by atoms with Crippen molar-refractivity contribution in [2.75, 3.05) is 18.5 Å². The molecule has 0 aliphatic carbocycles. The molecule has 116 valence electrons. The van der Waals surface area contributed by atoms with Gasteiger partial charge in [-0.15, -0.1) is 0 Å². The molecule has 0 N–H and O–H groups in total. The van der Waals surface area contributed by atoms with Gasteiger partial charge in [-0.2, -0.15) is 0 Å². The second kappa shape index (κ2) is 7.27. The highest BCUT2D eigenvalue weighted by atomic mass is 35.5. The Kier molecular flexibility index (Phi) is 5.39. The Hall–Kier alpha value is -2.07. The fourth-order valence-corrected chi connectivity index (χ4v) is 2.34. The summed E-state index contributed by atoms with van der Waals surface area (Å²) in [5.41, 5.74) is 1.71. The fourth-order valence-electron chi connectivity index (χ4n) is 2.08. The van der Waals surface area contributed by atoms with Crippen LogP contribution in [-0.4, -0.2) is 19.9 Å². The Balaban J connectivity index is 2.36. The first-order chi connectivity index (χ1) is 10.6. The average Bonchev–Trinajstić information content (AvgIpc) is 2.50. The first-order valence-corrected chi connectivity index (χ1v) is 7.36. The van der Waals surface area contributed by atoms with E-state index in [9.17, 15) is 4.39 Å². The summed E-state index contributed by atoms with van der Waals surface area (Å²) >= 11 is 6.34. The molecule has 0 radical (unpaired) electrons. The lowest BCUT2D eigenvalue weighted by molar-refractivity contribution is 0.439. The molecule has 0 fully saturated rings. The molecule has 0 aliphatic heterocycles. The van der Waals surface area contributed by atoms with E-state index in [1.165, 1.54) is 6.07 Å². The lowest BCUT2D eigenvalue weighted by Crippen LogP contribution is -2.20. The molecule has 2 aromatic rings. The zero-order chi connectivity index (χ0) is 16.1. The normalized spacial score (nSPS) is 11.0. The van der Waals surface area contributed by atoms with Gasteiger partial charge in [0.2, 0.25) is 0 Å². The quantitative estimate of drug-likeness (QED) is 0.568. The molecule has 0 atom stereocenters. The van der Waals surface area contributed by atoms with Crippen LogP contribution in [0.15, 0.2) is 41.4 Å². The predicted molar refractivity (Wildman–Crippen MR) is 90.1 cm³/mol. The highest BCUT2D eigenvalue weighted by molar-refractivity contribution is 6.33. The molecule has 2 rings (SSSR count). The van der Waals surface area contributed by atoms with Gasteiger partial charge in [0.05, 0.1) is 17.0 Å². The van der Waals surface area contributed by atoms with Crippen LogP contribution in [0.4, 0.5) is 10.1 Å². The fraction of sp³-hybridized carbons (Fsp3) is 0.235. The molecular formula is C17H18ClFN2O. The van der Waals surface area contributed by atoms with Gasteiger partial charge in [0.1, 0.15) is 5.75 Å². The molecule has 22 heavy (non-hydrogen) atoms. The van der Waals surface area contributed by atoms with Crippen LogP contribution >= 0.6 is 11.6 Å². The molecule has 0 heterocycles. The first-order valence-electron chi connectivity index (χ1n) is 6.98. The van der Waals surface area contributed by atoms with Crippen LogP contribution in [0.1, 0.15) is 12.5 Å². The van der Waals surface area contributed by atoms with Crippen molar-refractivity contribution in [1.29, 1.82) is 0 Å². The van der Waals surface area contributed by atoms with Crippen molar-refractivity contribution in [2.24, 2.45) is 4.99 Å². The van der Waals surface area contributed by atoms with Crippen molar-refractivity contribution < 1.29 is 9.13 Å². The maximum absolute atomic E-state index is 13.7. The summed E-state index contributed by atoms with van der Waals surface area (Å²) in [5, 5.41) is 0.527. The van der Waals surface area contributed by atoms with Gasteiger partial charge in [0, 0.05) is 19.7 Å². The zero-order valence-corrected chi connectivity index (χ0v) is 13.6. The summed E-state index contributed by atoms with van der Waals surface area (Å²) in [6.45, 7) is 4.65. The lowest BCUT2D eigenvalue weighted by atomic mass is 10.2. The van der Waals surface area contributed by atoms with Gasteiger partial charge in [0.25, 0.3) is 0 Å². The zero-order valence-electron chi connectivity index (χ0n) is 12.8. The number of ether oxygens (including phenoxy) is 1. The van der Waals surface area contributed by atoms with Gasteiger partial charge < -0.3 is 9.64 Å². The number of benzene rings is 2. The monoisotopic (exact) mass is 320 g/mol. The number of hydrogen-bond donors (Lipinski definition) is 0. The third-order valence-electron chi connectivity index (χ3n) is 3.21. The van der Waals surface area contributed by atoms with E-state index in [2.05, 4.69) is 4.99 Å². The number of hydrogen-bond acceptors (Lipinski definition) is 2. The average molecular weight is 321 g/mol. The highest BCUT2D eigenvalue weighted by Gasteiger charge is 2.13. The van der Waals surface area contributed by atoms with Gasteiger partial charge in [-0.1, -0.05) is 23.7 Å². The van der Waals surface area contributed by atoms with E-state index < -0.39 is 5.82 Å². The molecule has 3 nitrogen and oxygen atoms in total. The number of aryl methyl sites for hydroxylation is 1. The van der Waals surface area contributed by atoms with E-state index in [-0.39, 0.29) is 5.75 Å². The van der Waals surface area contributed by atoms with Crippen LogP contribution in [0.25, 0.3) is 0 Å². The number of rotatable bonds is 5. The Morgan fingerprint density at radius 3 is 2.64 bits per heavy atom. The first kappa shape index (κ1) is 16.3. The molecule has 2 aromatic carbocycles. The van der Waals surface area contributed by atoms with Gasteiger partial charge >= 0.3 is 0 Å². The molecular weight excluding hydrogens is 303 g/mol. The highest BCUT2D eigenvalue weighted by Crippen LogP contribution is 2.35. The van der Waals surface area contributed by atoms with E-state index >= 15 is 0 Å². The summed E-state index contributed by atoms with van der Waals surface area (Å²) in [6.07, 6.45) is 1.72. The number of halogens is 2. The molecule has 0 bridgehead atoms. The summed E-state index contributed by atoms with van der Waals surface area (Å²) in [6, 6.07) is 9.89. The summed E-state index contributed by atoms with van der Waals surface area (Å²) < 4.78 is 19.3. The molecule has 0 aliphatic rings. The third kappa shape index (κ3) is 3.57. The molecule has 0 unspecified atom stereocenters. The SMILES string of the molecule is CCN(C=NC)c1cc(C)c(Oc2ccccc2F)cc1Cl. The summed E-state index contributed by atoms with van der Waals surface area (Å²) in [7, 11) is 1.71. The molecule has 0 saturated carbocycles. The second-order valence-corrected chi connectivity index (χ2v) is 5.17. The largest absolute Gasteiger partial charge is 0.454 e. The van der Waals surface area contributed by atoms with Gasteiger partial charge in [-0.25, -0.2) is 4.39 Å². The van der Waals surface area contributed by atoms with Gasteiger partial charge in [-0.05, 0) is 37.6 Å². The molecule has 0 aromatic heterocycles. The minimum atomic E-state index is -0.407. The van der Waals surface area contributed by atoms with Crippen LogP contribution < -0.4 is 9.64 Å². The summed E-state index contributed by atoms with van der Waals surface area (Å²) in [5.74, 6) is 0.302. The minimum absolute atomic E-state index is 0.178. The van der Waals surface area contributed by atoms with Crippen molar-refractivity contribution in [1.82, 2.24) is 0 Å². The predicted octanol–water partition coefficient (Wildman–Crippen LogP) is 5.06. The Morgan fingerprint density at radius 1 is 1.27 bits per heavy atom. The smallest absolute Gasteiger partial charge is 0.165 e. The maximum atomic E-state index is 13.7. The van der Waals surface area contributed by atoms with E-state index in [1.54, 1.807) is 37.7 Å². The van der Waals surface area contributed by atoms with E-state index in [4.69, 9.17) is 16.3 Å². The van der Waals surface area contributed by atoms with Crippen molar-refractivity contribution in [3.05, 3.63) is 52.8 Å². The molecule has 0 saturated heterocycles.